The summed E-state index contributed by atoms with van der Waals surface area (Å²) in [5, 5.41) is 68.0. The summed E-state index contributed by atoms with van der Waals surface area (Å²) in [5.74, 6) is -6.23. The summed E-state index contributed by atoms with van der Waals surface area (Å²) < 4.78 is 231. The van der Waals surface area contributed by atoms with Gasteiger partial charge in [-0.25, -0.2) is 51.5 Å². The van der Waals surface area contributed by atoms with Crippen LogP contribution in [0, 0.1) is 0 Å². The molecule has 18 atom stereocenters. The van der Waals surface area contributed by atoms with Crippen molar-refractivity contribution >= 4 is 63.7 Å². The van der Waals surface area contributed by atoms with E-state index < -0.39 is 193 Å². The van der Waals surface area contributed by atoms with Crippen LogP contribution in [0.25, 0.3) is 0 Å². The summed E-state index contributed by atoms with van der Waals surface area (Å²) in [6, 6.07) is -4.86. The van der Waals surface area contributed by atoms with Crippen LogP contribution in [-0.4, -0.2) is 221 Å². The fourth-order valence-electron chi connectivity index (χ4n) is 6.71. The first-order chi connectivity index (χ1) is 29.6. The average Bonchev–Trinajstić information content (AvgIpc) is 3.58. The minimum Gasteiger partial charge on any atom is -0.735 e. The predicted molar refractivity (Wildman–Crippen MR) is 172 cm³/mol. The Hall–Kier alpha value is 4.39. The second kappa shape index (κ2) is 32.4. The van der Waals surface area contributed by atoms with E-state index in [4.69, 9.17) is 37.9 Å². The van der Waals surface area contributed by atoms with Gasteiger partial charge in [0.25, 0.3) is 0 Å². The molecule has 36 nitrogen and oxygen atoms in total. The summed E-state index contributed by atoms with van der Waals surface area (Å²) in [7, 11) is -29.3. The van der Waals surface area contributed by atoms with E-state index in [2.05, 4.69) is 12.5 Å². The van der Waals surface area contributed by atoms with Gasteiger partial charge in [-0.05, 0) is 6.08 Å². The van der Waals surface area contributed by atoms with Gasteiger partial charge in [0.15, 0.2) is 51.7 Å². The van der Waals surface area contributed by atoms with E-state index >= 15 is 0 Å². The SMILES string of the molecule is O=C([O-])C1=C[C@@H](O)[C@H](OS(=O)(=O)[O-])[C@@H](O[C@@H]2[C@@H](O)[C@H](NS(=O)(=O)[O-])[C@H](O[C@@H]3[C@@H](O)[C@@H](OS(=O)(=O)[O-])[C@@H](O[C@@H]4[C@@H](O)[C@@H](NS(=O)(=O)[O-])[C@H]5OC[C@@H]4O5)O[C@@H]3C(=O)[O-])O[C@H]2COS(=O)(=O)[O-])O1.[Na+].[Na+].[Na+].[Na+].[Na+].[Na+].[Na+]. The van der Waals surface area contributed by atoms with Crippen LogP contribution in [0.1, 0.15) is 0 Å². The number of carbonyl (C=O) groups is 2. The van der Waals surface area contributed by atoms with E-state index in [1.807, 2.05) is 0 Å². The van der Waals surface area contributed by atoms with Gasteiger partial charge in [-0.1, -0.05) is 0 Å². The van der Waals surface area contributed by atoms with E-state index in [1.54, 1.807) is 0 Å². The van der Waals surface area contributed by atoms with Crippen molar-refractivity contribution in [2.75, 3.05) is 13.2 Å². The zero-order chi connectivity index (χ0) is 48.9. The number of carbonyl (C=O) groups excluding carboxylic acids is 2. The molecule has 376 valence electrons. The molecule has 4 saturated heterocycles. The number of hydrogen-bond donors (Lipinski definition) is 6. The molecule has 2 bridgehead atoms. The van der Waals surface area contributed by atoms with Crippen LogP contribution < -0.4 is 227 Å². The normalized spacial score (nSPS) is 35.7. The third-order valence-corrected chi connectivity index (χ3v) is 11.6. The van der Waals surface area contributed by atoms with Gasteiger partial charge in [0, 0.05) is 0 Å². The molecule has 0 aromatic rings. The van der Waals surface area contributed by atoms with Crippen LogP contribution in [0.4, 0.5) is 0 Å². The Kier molecular flexibility index (Phi) is 36.3. The van der Waals surface area contributed by atoms with Gasteiger partial charge in [-0.2, -0.15) is 0 Å². The molecule has 5 aliphatic heterocycles. The smallest absolute Gasteiger partial charge is 0.735 e. The van der Waals surface area contributed by atoms with E-state index in [0.717, 1.165) is 4.72 Å². The van der Waals surface area contributed by atoms with Crippen LogP contribution >= 0.6 is 0 Å². The van der Waals surface area contributed by atoms with Gasteiger partial charge < -0.3 is 101 Å². The summed E-state index contributed by atoms with van der Waals surface area (Å²) in [6.45, 7) is -2.37. The zero-order valence-corrected chi connectivity index (χ0v) is 56.0. The molecule has 0 saturated carbocycles. The second-order valence-electron chi connectivity index (χ2n) is 13.6. The number of aliphatic hydroxyl groups excluding tert-OH is 4. The fraction of sp³-hybridized carbons (Fsp3) is 0.833. The predicted octanol–water partition coefficient (Wildman–Crippen LogP) is -34.4. The molecule has 48 heteroatoms. The third-order valence-electron chi connectivity index (χ3n) is 9.16. The van der Waals surface area contributed by atoms with Gasteiger partial charge in [0.05, 0.1) is 19.2 Å². The molecule has 5 rings (SSSR count). The molecule has 5 heterocycles. The molecule has 72 heavy (non-hydrogen) atoms. The van der Waals surface area contributed by atoms with Crippen molar-refractivity contribution in [1.82, 2.24) is 9.44 Å². The third kappa shape index (κ3) is 23.2. The van der Waals surface area contributed by atoms with Crippen LogP contribution in [0.5, 0.6) is 0 Å². The molecule has 0 aromatic carbocycles. The van der Waals surface area contributed by atoms with E-state index in [1.165, 1.54) is 4.72 Å². The minimum absolute atomic E-state index is 0. The van der Waals surface area contributed by atoms with Gasteiger partial charge in [0.2, 0.25) is 37.5 Å². The van der Waals surface area contributed by atoms with Crippen molar-refractivity contribution in [3.63, 3.8) is 0 Å². The van der Waals surface area contributed by atoms with Gasteiger partial charge >= 0.3 is 207 Å². The number of ether oxygens (including phenoxy) is 8. The van der Waals surface area contributed by atoms with Crippen molar-refractivity contribution in [3.05, 3.63) is 11.8 Å². The van der Waals surface area contributed by atoms with Crippen molar-refractivity contribution in [2.24, 2.45) is 0 Å². The number of hydrogen-bond acceptors (Lipinski definition) is 34. The number of fused-ring (bicyclic) bond motifs is 2. The molecule has 0 spiro atoms. The number of rotatable bonds is 19. The van der Waals surface area contributed by atoms with Crippen molar-refractivity contribution in [3.8, 4) is 0 Å². The van der Waals surface area contributed by atoms with Gasteiger partial charge in [0.1, 0.15) is 84.9 Å². The molecule has 5 aliphatic rings. The van der Waals surface area contributed by atoms with Crippen molar-refractivity contribution < 1.29 is 362 Å². The quantitative estimate of drug-likeness (QED) is 0.0397. The number of carboxylic acid groups (broad SMARTS) is 2. The van der Waals surface area contributed by atoms with Crippen LogP contribution in [0.3, 0.4) is 0 Å². The van der Waals surface area contributed by atoms with Crippen LogP contribution in [0.15, 0.2) is 11.8 Å². The maximum absolute atomic E-state index is 12.5. The second-order valence-corrected chi connectivity index (χ2v) is 18.9. The number of aliphatic hydroxyl groups is 4. The topological polar surface area (TPSA) is 573 Å². The molecule has 0 unspecified atom stereocenters. The summed E-state index contributed by atoms with van der Waals surface area (Å²) >= 11 is 0. The molecular weight excluding hydrogens is 1180 g/mol. The largest absolute Gasteiger partial charge is 1.00 e. The number of nitrogens with one attached hydrogen (secondary N) is 2. The summed E-state index contributed by atoms with van der Waals surface area (Å²) in [5.41, 5.74) is 0. The van der Waals surface area contributed by atoms with Gasteiger partial charge in [-0.3, -0.25) is 12.5 Å². The maximum atomic E-state index is 12.5. The Morgan fingerprint density at radius 1 is 0.597 bits per heavy atom. The standard InChI is InChI=1S/C24H36N2O34S5.7Na/c27-4-1-5(19(31)32)52-23(13(4)59-64(44,45)46)55-15-7(3-51-63(41,42)43)54-22(9(11(15)29)26-62(38,39)40)57-16-12(30)17(60-65(47,48)49)24(58-18(16)20(33)34)56-14-6-2-50-21(53-6)8(10(14)28)25-61(35,36)37;;;;;;;/h1,4,6-18,21-30H,2-3H2,(H,31,32)(H,33,34)(H,35,36,37)(H,38,39,40)(H,41,42,43)(H,44,45,46)(H,47,48,49);;;;;;;/q;7*+1/p-7/t4-,6+,7+,8-,9+,10+,11+,12-,13+,14+,15+,16-,17-,18+,21+,22+,23-,24+;;;;;;;/m1......./s1. The van der Waals surface area contributed by atoms with E-state index in [9.17, 15) is 105 Å². The Morgan fingerprint density at radius 2 is 1.08 bits per heavy atom. The zero-order valence-electron chi connectivity index (χ0n) is 38.0. The van der Waals surface area contributed by atoms with Crippen molar-refractivity contribution in [1.29, 1.82) is 0 Å². The Bertz CT molecular complexity index is 2400. The minimum atomic E-state index is -6.11. The van der Waals surface area contributed by atoms with Crippen LogP contribution in [0.2, 0.25) is 0 Å². The Balaban J connectivity index is -0.00000680. The van der Waals surface area contributed by atoms with E-state index in [0.29, 0.717) is 0 Å². The summed E-state index contributed by atoms with van der Waals surface area (Å²) in [4.78, 5) is 24.0. The first kappa shape index (κ1) is 80.6. The molecule has 0 aliphatic carbocycles. The molecular formula is C24H29N2Na7O34S5. The first-order valence-corrected chi connectivity index (χ1v) is 23.8. The molecule has 0 aromatic heterocycles. The van der Waals surface area contributed by atoms with Crippen molar-refractivity contribution in [2.45, 2.75) is 110 Å². The molecule has 6 N–H and O–H groups in total. The number of aliphatic carboxylic acids is 2. The van der Waals surface area contributed by atoms with E-state index in [-0.39, 0.29) is 213 Å². The maximum Gasteiger partial charge on any atom is 1.00 e. The Labute approximate surface area is 562 Å². The molecule has 0 amide bonds. The molecule has 0 radical (unpaired) electrons. The first-order valence-electron chi connectivity index (χ1n) is 17.0. The van der Waals surface area contributed by atoms with Gasteiger partial charge in [-0.15, -0.1) is 0 Å². The molecule has 4 fully saturated rings. The average molecular weight is 1210 g/mol. The number of carboxylic acids is 2. The monoisotopic (exact) mass is 1210 g/mol. The Morgan fingerprint density at radius 3 is 1.57 bits per heavy atom. The summed E-state index contributed by atoms with van der Waals surface area (Å²) in [6.07, 6.45) is -41.1. The fourth-order valence-corrected chi connectivity index (χ4v) is 9.13. The van der Waals surface area contributed by atoms with Crippen LogP contribution in [-0.2, 0) is 112 Å².